The fraction of sp³-hybridized carbons (Fsp3) is 0.150. The van der Waals surface area contributed by atoms with Crippen molar-refractivity contribution >= 4 is 17.1 Å². The smallest absolute Gasteiger partial charge is 0.299 e. The van der Waals surface area contributed by atoms with Gasteiger partial charge in [-0.25, -0.2) is 0 Å². The van der Waals surface area contributed by atoms with Crippen molar-refractivity contribution in [2.24, 2.45) is 0 Å². The Morgan fingerprint density at radius 2 is 1.75 bits per heavy atom. The van der Waals surface area contributed by atoms with Gasteiger partial charge in [0, 0.05) is 12.3 Å². The van der Waals surface area contributed by atoms with Gasteiger partial charge in [-0.3, -0.25) is 25.2 Å². The van der Waals surface area contributed by atoms with Crippen molar-refractivity contribution in [2.45, 2.75) is 19.4 Å². The maximum Gasteiger partial charge on any atom is 0.299 e. The average Bonchev–Trinajstić information content (AvgIpc) is 2.69. The third-order valence-corrected chi connectivity index (χ3v) is 4.32. The summed E-state index contributed by atoms with van der Waals surface area (Å²) >= 11 is 0. The molecule has 3 rings (SSSR count). The summed E-state index contributed by atoms with van der Waals surface area (Å²) in [7, 11) is 0. The molecule has 3 aromatic rings. The standard InChI is InChI=1S/C20H18N4O4/c1-14-5-7-15(8-6-14)12-19(17-4-2-3-11-21-17)22-18-10-9-16(23(25)26)13-20(18)24(27)28/h2-11,13,19,22H,12H2,1H3. The summed E-state index contributed by atoms with van der Waals surface area (Å²) in [4.78, 5) is 25.5. The SMILES string of the molecule is Cc1ccc(CC(Nc2ccc([N+](=O)[O-])cc2[N+](=O)[O-])c2ccccn2)cc1. The van der Waals surface area contributed by atoms with Crippen LogP contribution in [0.4, 0.5) is 17.1 Å². The number of hydrogen-bond acceptors (Lipinski definition) is 6. The fourth-order valence-corrected chi connectivity index (χ4v) is 2.87. The summed E-state index contributed by atoms with van der Waals surface area (Å²) in [6.07, 6.45) is 2.20. The molecule has 0 aliphatic rings. The van der Waals surface area contributed by atoms with Crippen molar-refractivity contribution in [1.82, 2.24) is 4.98 Å². The number of nitro benzene ring substituents is 2. The number of benzene rings is 2. The van der Waals surface area contributed by atoms with E-state index >= 15 is 0 Å². The molecule has 0 bridgehead atoms. The van der Waals surface area contributed by atoms with Crippen molar-refractivity contribution in [3.8, 4) is 0 Å². The van der Waals surface area contributed by atoms with Crippen molar-refractivity contribution in [3.05, 3.63) is 104 Å². The van der Waals surface area contributed by atoms with E-state index in [0.29, 0.717) is 6.42 Å². The number of non-ortho nitro benzene ring substituents is 1. The molecule has 0 saturated heterocycles. The molecule has 2 aromatic carbocycles. The lowest BCUT2D eigenvalue weighted by atomic mass is 10.0. The van der Waals surface area contributed by atoms with E-state index in [2.05, 4.69) is 10.3 Å². The summed E-state index contributed by atoms with van der Waals surface area (Å²) in [5.74, 6) is 0. The molecular formula is C20H18N4O4. The van der Waals surface area contributed by atoms with E-state index in [9.17, 15) is 20.2 Å². The molecule has 1 unspecified atom stereocenters. The molecule has 0 aliphatic carbocycles. The van der Waals surface area contributed by atoms with E-state index in [1.54, 1.807) is 12.3 Å². The first-order valence-electron chi connectivity index (χ1n) is 8.60. The third-order valence-electron chi connectivity index (χ3n) is 4.32. The van der Waals surface area contributed by atoms with E-state index in [0.717, 1.165) is 22.9 Å². The molecule has 0 spiro atoms. The lowest BCUT2D eigenvalue weighted by Gasteiger charge is -2.20. The van der Waals surface area contributed by atoms with E-state index in [-0.39, 0.29) is 23.1 Å². The van der Waals surface area contributed by atoms with Gasteiger partial charge < -0.3 is 5.32 Å². The van der Waals surface area contributed by atoms with Gasteiger partial charge in [0.1, 0.15) is 5.69 Å². The molecule has 1 atom stereocenters. The molecule has 0 saturated carbocycles. The largest absolute Gasteiger partial charge is 0.371 e. The van der Waals surface area contributed by atoms with Crippen molar-refractivity contribution in [3.63, 3.8) is 0 Å². The molecule has 8 heteroatoms. The van der Waals surface area contributed by atoms with Crippen LogP contribution in [-0.2, 0) is 6.42 Å². The van der Waals surface area contributed by atoms with Crippen LogP contribution in [0.15, 0.2) is 66.9 Å². The first-order chi connectivity index (χ1) is 13.4. The Hall–Kier alpha value is -3.81. The second-order valence-electron chi connectivity index (χ2n) is 6.36. The zero-order valence-corrected chi connectivity index (χ0v) is 15.1. The second-order valence-corrected chi connectivity index (χ2v) is 6.36. The molecule has 142 valence electrons. The average molecular weight is 378 g/mol. The Balaban J connectivity index is 1.96. The van der Waals surface area contributed by atoms with Gasteiger partial charge in [-0.05, 0) is 37.1 Å². The summed E-state index contributed by atoms with van der Waals surface area (Å²) in [6.45, 7) is 2.00. The molecule has 28 heavy (non-hydrogen) atoms. The molecule has 8 nitrogen and oxygen atoms in total. The quantitative estimate of drug-likeness (QED) is 0.475. The minimum absolute atomic E-state index is 0.207. The van der Waals surface area contributed by atoms with Crippen LogP contribution >= 0.6 is 0 Å². The molecule has 1 heterocycles. The lowest BCUT2D eigenvalue weighted by Crippen LogP contribution is -2.16. The summed E-state index contributed by atoms with van der Waals surface area (Å²) < 4.78 is 0. The summed E-state index contributed by atoms with van der Waals surface area (Å²) in [6, 6.07) is 16.7. The Morgan fingerprint density at radius 3 is 2.36 bits per heavy atom. The van der Waals surface area contributed by atoms with Crippen LogP contribution in [0.5, 0.6) is 0 Å². The number of hydrogen-bond donors (Lipinski definition) is 1. The van der Waals surface area contributed by atoms with E-state index in [1.165, 1.54) is 12.1 Å². The zero-order chi connectivity index (χ0) is 20.1. The fourth-order valence-electron chi connectivity index (χ4n) is 2.87. The zero-order valence-electron chi connectivity index (χ0n) is 15.1. The number of nitrogens with zero attached hydrogens (tertiary/aromatic N) is 3. The maximum absolute atomic E-state index is 11.4. The Morgan fingerprint density at radius 1 is 1.00 bits per heavy atom. The van der Waals surface area contributed by atoms with Gasteiger partial charge in [0.25, 0.3) is 11.4 Å². The molecule has 0 radical (unpaired) electrons. The monoisotopic (exact) mass is 378 g/mol. The highest BCUT2D eigenvalue weighted by molar-refractivity contribution is 5.66. The second kappa shape index (κ2) is 8.26. The molecule has 1 aromatic heterocycles. The molecule has 0 amide bonds. The lowest BCUT2D eigenvalue weighted by molar-refractivity contribution is -0.393. The molecular weight excluding hydrogens is 360 g/mol. The van der Waals surface area contributed by atoms with E-state index < -0.39 is 9.85 Å². The van der Waals surface area contributed by atoms with E-state index in [1.807, 2.05) is 43.3 Å². The topological polar surface area (TPSA) is 111 Å². The number of rotatable bonds is 7. The van der Waals surface area contributed by atoms with Gasteiger partial charge in [0.05, 0.1) is 27.6 Å². The van der Waals surface area contributed by atoms with Crippen molar-refractivity contribution < 1.29 is 9.85 Å². The number of aromatic nitrogens is 1. The van der Waals surface area contributed by atoms with Crippen molar-refractivity contribution in [1.29, 1.82) is 0 Å². The van der Waals surface area contributed by atoms with Gasteiger partial charge >= 0.3 is 0 Å². The first kappa shape index (κ1) is 19.0. The number of nitro groups is 2. The number of anilines is 1. The van der Waals surface area contributed by atoms with Gasteiger partial charge in [-0.1, -0.05) is 35.9 Å². The molecule has 0 fully saturated rings. The number of aryl methyl sites for hydroxylation is 1. The number of nitrogens with one attached hydrogen (secondary N) is 1. The highest BCUT2D eigenvalue weighted by Crippen LogP contribution is 2.32. The predicted molar refractivity (Wildman–Crippen MR) is 105 cm³/mol. The van der Waals surface area contributed by atoms with Crippen molar-refractivity contribution in [2.75, 3.05) is 5.32 Å². The highest BCUT2D eigenvalue weighted by atomic mass is 16.6. The van der Waals surface area contributed by atoms with Crippen LogP contribution in [0.3, 0.4) is 0 Å². The Kier molecular flexibility index (Phi) is 5.59. The van der Waals surface area contributed by atoms with Crippen LogP contribution < -0.4 is 5.32 Å². The van der Waals surface area contributed by atoms with Crippen LogP contribution in [0.25, 0.3) is 0 Å². The maximum atomic E-state index is 11.4. The van der Waals surface area contributed by atoms with Gasteiger partial charge in [-0.15, -0.1) is 0 Å². The minimum Gasteiger partial charge on any atom is -0.371 e. The summed E-state index contributed by atoms with van der Waals surface area (Å²) in [5, 5.41) is 25.5. The highest BCUT2D eigenvalue weighted by Gasteiger charge is 2.23. The van der Waals surface area contributed by atoms with Crippen LogP contribution in [0, 0.1) is 27.2 Å². The van der Waals surface area contributed by atoms with Crippen LogP contribution in [0.2, 0.25) is 0 Å². The molecule has 1 N–H and O–H groups in total. The number of pyridine rings is 1. The Labute approximate surface area is 161 Å². The third kappa shape index (κ3) is 4.47. The van der Waals surface area contributed by atoms with Gasteiger partial charge in [0.2, 0.25) is 0 Å². The van der Waals surface area contributed by atoms with Gasteiger partial charge in [-0.2, -0.15) is 0 Å². The van der Waals surface area contributed by atoms with Crippen LogP contribution in [-0.4, -0.2) is 14.8 Å². The van der Waals surface area contributed by atoms with Crippen LogP contribution in [0.1, 0.15) is 22.9 Å². The normalized spacial score (nSPS) is 11.6. The summed E-state index contributed by atoms with van der Waals surface area (Å²) in [5.41, 5.74) is 2.42. The first-order valence-corrected chi connectivity index (χ1v) is 8.60. The van der Waals surface area contributed by atoms with E-state index in [4.69, 9.17) is 0 Å². The molecule has 0 aliphatic heterocycles. The van der Waals surface area contributed by atoms with Gasteiger partial charge in [0.15, 0.2) is 0 Å². The Bertz CT molecular complexity index is 991. The predicted octanol–water partition coefficient (Wildman–Crippen LogP) is 4.60. The minimum atomic E-state index is -0.653.